The molecular formula is C10H12N2O3. The first kappa shape index (κ1) is 9.79. The summed E-state index contributed by atoms with van der Waals surface area (Å²) in [5, 5.41) is 0. The Bertz CT molecular complexity index is 388. The maximum Gasteiger partial charge on any atom is 0.340 e. The molecule has 0 radical (unpaired) electrons. The lowest BCUT2D eigenvalue weighted by Crippen LogP contribution is -2.37. The van der Waals surface area contributed by atoms with Crippen molar-refractivity contribution in [3.05, 3.63) is 23.8 Å². The molecule has 0 saturated carbocycles. The van der Waals surface area contributed by atoms with Gasteiger partial charge in [-0.05, 0) is 18.2 Å². The number of nitrogen functional groups attached to an aromatic ring is 2. The van der Waals surface area contributed by atoms with Crippen LogP contribution in [0.25, 0.3) is 0 Å². The minimum Gasteiger partial charge on any atom is -0.454 e. The van der Waals surface area contributed by atoms with E-state index in [1.54, 1.807) is 12.1 Å². The van der Waals surface area contributed by atoms with Gasteiger partial charge in [0.15, 0.2) is 0 Å². The molecule has 80 valence electrons. The van der Waals surface area contributed by atoms with Crippen molar-refractivity contribution in [3.63, 3.8) is 0 Å². The first-order valence-electron chi connectivity index (χ1n) is 4.60. The minimum atomic E-state index is -0.430. The zero-order valence-electron chi connectivity index (χ0n) is 8.10. The summed E-state index contributed by atoms with van der Waals surface area (Å²) in [6, 6.07) is 4.71. The Labute approximate surface area is 87.0 Å². The van der Waals surface area contributed by atoms with Gasteiger partial charge in [0.2, 0.25) is 0 Å². The second-order valence-electron chi connectivity index (χ2n) is 3.41. The van der Waals surface area contributed by atoms with Gasteiger partial charge in [0.05, 0.1) is 18.8 Å². The summed E-state index contributed by atoms with van der Waals surface area (Å²) in [5.74, 6) is -0.430. The lowest BCUT2D eigenvalue weighted by molar-refractivity contribution is -0.103. The van der Waals surface area contributed by atoms with Crippen molar-refractivity contribution in [2.75, 3.05) is 24.7 Å². The molecule has 1 aliphatic rings. The molecule has 0 bridgehead atoms. The molecule has 5 nitrogen and oxygen atoms in total. The number of esters is 1. The molecule has 1 heterocycles. The van der Waals surface area contributed by atoms with Gasteiger partial charge in [-0.15, -0.1) is 0 Å². The van der Waals surface area contributed by atoms with E-state index >= 15 is 0 Å². The van der Waals surface area contributed by atoms with Crippen LogP contribution in [0, 0.1) is 0 Å². The summed E-state index contributed by atoms with van der Waals surface area (Å²) in [5.41, 5.74) is 12.4. The Kier molecular flexibility index (Phi) is 2.47. The maximum absolute atomic E-state index is 11.6. The van der Waals surface area contributed by atoms with E-state index in [1.807, 2.05) is 0 Å². The zero-order valence-corrected chi connectivity index (χ0v) is 8.10. The van der Waals surface area contributed by atoms with Crippen LogP contribution in [0.2, 0.25) is 0 Å². The second kappa shape index (κ2) is 3.78. The molecule has 0 spiro atoms. The molecule has 0 aromatic heterocycles. The van der Waals surface area contributed by atoms with Crippen molar-refractivity contribution in [2.45, 2.75) is 6.10 Å². The Morgan fingerprint density at radius 3 is 2.67 bits per heavy atom. The van der Waals surface area contributed by atoms with E-state index in [0.717, 1.165) is 0 Å². The summed E-state index contributed by atoms with van der Waals surface area (Å²) in [7, 11) is 0. The van der Waals surface area contributed by atoms with Gasteiger partial charge in [-0.1, -0.05) is 0 Å². The Morgan fingerprint density at radius 2 is 2.13 bits per heavy atom. The molecule has 2 rings (SSSR count). The number of hydrogen-bond donors (Lipinski definition) is 2. The van der Waals surface area contributed by atoms with Gasteiger partial charge in [-0.25, -0.2) is 4.79 Å². The first-order chi connectivity index (χ1) is 7.16. The fraction of sp³-hybridized carbons (Fsp3) is 0.300. The summed E-state index contributed by atoms with van der Waals surface area (Å²) in [6.07, 6.45) is -0.144. The number of hydrogen-bond acceptors (Lipinski definition) is 5. The molecule has 1 saturated heterocycles. The standard InChI is InChI=1S/C10H12N2O3/c11-6-1-2-8(9(12)3-6)10(13)15-7-4-14-5-7/h1-3,7H,4-5,11-12H2. The van der Waals surface area contributed by atoms with Crippen LogP contribution >= 0.6 is 0 Å². The van der Waals surface area contributed by atoms with Crippen LogP contribution in [0.1, 0.15) is 10.4 Å². The average molecular weight is 208 g/mol. The van der Waals surface area contributed by atoms with Crippen LogP contribution in [-0.4, -0.2) is 25.3 Å². The molecule has 0 unspecified atom stereocenters. The highest BCUT2D eigenvalue weighted by atomic mass is 16.6. The van der Waals surface area contributed by atoms with Gasteiger partial charge in [-0.3, -0.25) is 0 Å². The maximum atomic E-state index is 11.6. The number of anilines is 2. The molecule has 1 aliphatic heterocycles. The third kappa shape index (κ3) is 2.02. The average Bonchev–Trinajstić information content (AvgIpc) is 2.11. The van der Waals surface area contributed by atoms with Gasteiger partial charge < -0.3 is 20.9 Å². The summed E-state index contributed by atoms with van der Waals surface area (Å²) >= 11 is 0. The lowest BCUT2D eigenvalue weighted by atomic mass is 10.1. The Hall–Kier alpha value is -1.75. The second-order valence-corrected chi connectivity index (χ2v) is 3.41. The van der Waals surface area contributed by atoms with E-state index in [1.165, 1.54) is 6.07 Å². The largest absolute Gasteiger partial charge is 0.454 e. The van der Waals surface area contributed by atoms with Crippen LogP contribution < -0.4 is 11.5 Å². The van der Waals surface area contributed by atoms with Crippen LogP contribution in [-0.2, 0) is 9.47 Å². The van der Waals surface area contributed by atoms with Crippen molar-refractivity contribution < 1.29 is 14.3 Å². The van der Waals surface area contributed by atoms with Crippen LogP contribution in [0.3, 0.4) is 0 Å². The number of carbonyl (C=O) groups excluding carboxylic acids is 1. The number of ether oxygens (including phenoxy) is 2. The van der Waals surface area contributed by atoms with E-state index in [-0.39, 0.29) is 6.10 Å². The Morgan fingerprint density at radius 1 is 1.40 bits per heavy atom. The van der Waals surface area contributed by atoms with Gasteiger partial charge >= 0.3 is 5.97 Å². The molecule has 1 aromatic rings. The lowest BCUT2D eigenvalue weighted by Gasteiger charge is -2.25. The van der Waals surface area contributed by atoms with Gasteiger partial charge in [-0.2, -0.15) is 0 Å². The molecule has 4 N–H and O–H groups in total. The topological polar surface area (TPSA) is 87.6 Å². The van der Waals surface area contributed by atoms with E-state index in [0.29, 0.717) is 30.2 Å². The van der Waals surface area contributed by atoms with Crippen LogP contribution in [0.5, 0.6) is 0 Å². The highest BCUT2D eigenvalue weighted by Gasteiger charge is 2.24. The van der Waals surface area contributed by atoms with E-state index in [4.69, 9.17) is 20.9 Å². The van der Waals surface area contributed by atoms with E-state index < -0.39 is 5.97 Å². The zero-order chi connectivity index (χ0) is 10.8. The predicted octanol–water partition coefficient (Wildman–Crippen LogP) is 0.407. The monoisotopic (exact) mass is 208 g/mol. The molecule has 0 atom stereocenters. The van der Waals surface area contributed by atoms with Gasteiger partial charge in [0.1, 0.15) is 6.10 Å². The SMILES string of the molecule is Nc1ccc(C(=O)OC2COC2)c(N)c1. The summed E-state index contributed by atoms with van der Waals surface area (Å²) in [6.45, 7) is 0.918. The minimum absolute atomic E-state index is 0.144. The highest BCUT2D eigenvalue weighted by molar-refractivity contribution is 5.95. The number of benzene rings is 1. The smallest absolute Gasteiger partial charge is 0.340 e. The summed E-state index contributed by atoms with van der Waals surface area (Å²) < 4.78 is 10.0. The first-order valence-corrected chi connectivity index (χ1v) is 4.60. The molecular weight excluding hydrogens is 196 g/mol. The molecule has 5 heteroatoms. The molecule has 1 aromatic carbocycles. The van der Waals surface area contributed by atoms with Crippen molar-refractivity contribution in [1.82, 2.24) is 0 Å². The van der Waals surface area contributed by atoms with Crippen molar-refractivity contribution in [2.24, 2.45) is 0 Å². The molecule has 0 aliphatic carbocycles. The number of carbonyl (C=O) groups is 1. The van der Waals surface area contributed by atoms with Crippen molar-refractivity contribution in [1.29, 1.82) is 0 Å². The van der Waals surface area contributed by atoms with Crippen LogP contribution in [0.15, 0.2) is 18.2 Å². The Balaban J connectivity index is 2.10. The van der Waals surface area contributed by atoms with Gasteiger partial charge in [0.25, 0.3) is 0 Å². The van der Waals surface area contributed by atoms with Crippen LogP contribution in [0.4, 0.5) is 11.4 Å². The highest BCUT2D eigenvalue weighted by Crippen LogP contribution is 2.18. The molecule has 1 fully saturated rings. The third-order valence-corrected chi connectivity index (χ3v) is 2.18. The summed E-state index contributed by atoms with van der Waals surface area (Å²) in [4.78, 5) is 11.6. The fourth-order valence-electron chi connectivity index (χ4n) is 1.26. The normalized spacial score (nSPS) is 15.7. The quantitative estimate of drug-likeness (QED) is 0.542. The third-order valence-electron chi connectivity index (χ3n) is 2.18. The fourth-order valence-corrected chi connectivity index (χ4v) is 1.26. The molecule has 0 amide bonds. The number of rotatable bonds is 2. The van der Waals surface area contributed by atoms with E-state index in [9.17, 15) is 4.79 Å². The van der Waals surface area contributed by atoms with E-state index in [2.05, 4.69) is 0 Å². The predicted molar refractivity (Wildman–Crippen MR) is 55.3 cm³/mol. The molecule has 15 heavy (non-hydrogen) atoms. The van der Waals surface area contributed by atoms with Crippen molar-refractivity contribution in [3.8, 4) is 0 Å². The van der Waals surface area contributed by atoms with Crippen molar-refractivity contribution >= 4 is 17.3 Å². The van der Waals surface area contributed by atoms with Gasteiger partial charge in [0, 0.05) is 11.4 Å². The number of nitrogens with two attached hydrogens (primary N) is 2.